The fourth-order valence-electron chi connectivity index (χ4n) is 3.51. The molecule has 0 unspecified atom stereocenters. The molecule has 0 saturated carbocycles. The molecule has 2 aliphatic rings. The van der Waals surface area contributed by atoms with E-state index >= 15 is 0 Å². The van der Waals surface area contributed by atoms with Crippen LogP contribution in [-0.4, -0.2) is 72.5 Å². The quantitative estimate of drug-likeness (QED) is 0.775. The van der Waals surface area contributed by atoms with Gasteiger partial charge in [-0.2, -0.15) is 0 Å². The van der Waals surface area contributed by atoms with Gasteiger partial charge in [-0.3, -0.25) is 9.69 Å². The van der Waals surface area contributed by atoms with E-state index in [0.717, 1.165) is 44.6 Å². The molecule has 2 rings (SSSR count). The third-order valence-electron chi connectivity index (χ3n) is 5.29. The molecule has 0 aromatic heterocycles. The highest BCUT2D eigenvalue weighted by atomic mass is 16.2. The number of hydrogen-bond donors (Lipinski definition) is 0. The van der Waals surface area contributed by atoms with Gasteiger partial charge in [0.25, 0.3) is 0 Å². The summed E-state index contributed by atoms with van der Waals surface area (Å²) >= 11 is 0. The van der Waals surface area contributed by atoms with Crippen molar-refractivity contribution in [3.8, 4) is 0 Å². The normalized spacial score (nSPS) is 25.2. The van der Waals surface area contributed by atoms with Crippen LogP contribution in [0.3, 0.4) is 0 Å². The molecule has 2 aliphatic heterocycles. The monoisotopic (exact) mass is 295 g/mol. The fraction of sp³-hybridized carbons (Fsp3) is 0.941. The van der Waals surface area contributed by atoms with Gasteiger partial charge in [-0.25, -0.2) is 0 Å². The molecule has 0 aromatic carbocycles. The molecule has 0 aliphatic carbocycles. The molecule has 2 heterocycles. The smallest absolute Gasteiger partial charge is 0.223 e. The summed E-state index contributed by atoms with van der Waals surface area (Å²) in [6.07, 6.45) is 2.01. The largest absolute Gasteiger partial charge is 0.340 e. The summed E-state index contributed by atoms with van der Waals surface area (Å²) in [5.74, 6) is 1.95. The SMILES string of the molecule is CC(C)[C@H]1CCN(CCC(=O)N2CCN(C(C)C)CC2)C1. The molecule has 0 spiro atoms. The topological polar surface area (TPSA) is 26.8 Å². The minimum absolute atomic E-state index is 0.353. The minimum Gasteiger partial charge on any atom is -0.340 e. The average molecular weight is 295 g/mol. The van der Waals surface area contributed by atoms with Gasteiger partial charge in [-0.05, 0) is 38.6 Å². The Morgan fingerprint density at radius 2 is 1.71 bits per heavy atom. The number of piperazine rings is 1. The van der Waals surface area contributed by atoms with Gasteiger partial charge in [0, 0.05) is 51.7 Å². The molecular formula is C17H33N3O. The predicted octanol–water partition coefficient (Wildman–Crippen LogP) is 1.91. The van der Waals surface area contributed by atoms with Crippen LogP contribution in [-0.2, 0) is 4.79 Å². The number of amides is 1. The summed E-state index contributed by atoms with van der Waals surface area (Å²) in [5.41, 5.74) is 0. The number of nitrogens with zero attached hydrogens (tertiary/aromatic N) is 3. The molecule has 2 saturated heterocycles. The van der Waals surface area contributed by atoms with Crippen molar-refractivity contribution in [3.63, 3.8) is 0 Å². The Hall–Kier alpha value is -0.610. The van der Waals surface area contributed by atoms with Crippen molar-refractivity contribution in [2.45, 2.75) is 46.6 Å². The van der Waals surface area contributed by atoms with E-state index in [1.54, 1.807) is 0 Å². The van der Waals surface area contributed by atoms with E-state index < -0.39 is 0 Å². The summed E-state index contributed by atoms with van der Waals surface area (Å²) in [5, 5.41) is 0. The standard InChI is InChI=1S/C17H33N3O/c1-14(2)16-5-7-18(13-16)8-6-17(21)20-11-9-19(10-12-20)15(3)4/h14-16H,5-13H2,1-4H3/t16-/m0/s1. The Labute approximate surface area is 130 Å². The summed E-state index contributed by atoms with van der Waals surface area (Å²) in [6.45, 7) is 16.3. The second-order valence-electron chi connectivity index (χ2n) is 7.35. The van der Waals surface area contributed by atoms with Crippen LogP contribution in [0.4, 0.5) is 0 Å². The molecule has 1 atom stereocenters. The number of rotatable bonds is 5. The highest BCUT2D eigenvalue weighted by Gasteiger charge is 2.26. The summed E-state index contributed by atoms with van der Waals surface area (Å²) < 4.78 is 0. The lowest BCUT2D eigenvalue weighted by Gasteiger charge is -2.37. The van der Waals surface area contributed by atoms with E-state index in [4.69, 9.17) is 0 Å². The molecule has 4 heteroatoms. The first-order chi connectivity index (χ1) is 9.97. The van der Waals surface area contributed by atoms with Gasteiger partial charge in [-0.15, -0.1) is 0 Å². The third-order valence-corrected chi connectivity index (χ3v) is 5.29. The highest BCUT2D eigenvalue weighted by molar-refractivity contribution is 5.76. The third kappa shape index (κ3) is 4.68. The Kier molecular flexibility index (Phi) is 6.06. The van der Waals surface area contributed by atoms with Gasteiger partial charge in [0.15, 0.2) is 0 Å². The van der Waals surface area contributed by atoms with Crippen molar-refractivity contribution in [2.75, 3.05) is 45.8 Å². The summed E-state index contributed by atoms with van der Waals surface area (Å²) in [6, 6.07) is 0.597. The molecule has 4 nitrogen and oxygen atoms in total. The summed E-state index contributed by atoms with van der Waals surface area (Å²) in [7, 11) is 0. The van der Waals surface area contributed by atoms with Crippen LogP contribution in [0, 0.1) is 11.8 Å². The van der Waals surface area contributed by atoms with E-state index in [0.29, 0.717) is 18.4 Å². The van der Waals surface area contributed by atoms with Crippen molar-refractivity contribution in [2.24, 2.45) is 11.8 Å². The van der Waals surface area contributed by atoms with Gasteiger partial charge >= 0.3 is 0 Å². The summed E-state index contributed by atoms with van der Waals surface area (Å²) in [4.78, 5) is 19.3. The second-order valence-corrected chi connectivity index (χ2v) is 7.35. The Morgan fingerprint density at radius 3 is 2.24 bits per heavy atom. The van der Waals surface area contributed by atoms with Crippen LogP contribution in [0.1, 0.15) is 40.5 Å². The molecule has 1 amide bonds. The van der Waals surface area contributed by atoms with Gasteiger partial charge in [0.1, 0.15) is 0 Å². The molecule has 0 aromatic rings. The maximum atomic E-state index is 12.3. The van der Waals surface area contributed by atoms with E-state index in [2.05, 4.69) is 42.4 Å². The molecule has 0 bridgehead atoms. The first-order valence-electron chi connectivity index (χ1n) is 8.71. The molecule has 0 N–H and O–H groups in total. The number of carbonyl (C=O) groups excluding carboxylic acids is 1. The van der Waals surface area contributed by atoms with Crippen molar-refractivity contribution < 1.29 is 4.79 Å². The van der Waals surface area contributed by atoms with Crippen molar-refractivity contribution in [3.05, 3.63) is 0 Å². The second kappa shape index (κ2) is 7.59. The number of carbonyl (C=O) groups is 1. The lowest BCUT2D eigenvalue weighted by atomic mass is 9.95. The average Bonchev–Trinajstić information content (AvgIpc) is 2.94. The Morgan fingerprint density at radius 1 is 1.05 bits per heavy atom. The van der Waals surface area contributed by atoms with E-state index in [1.807, 2.05) is 0 Å². The van der Waals surface area contributed by atoms with Gasteiger partial charge in [0.2, 0.25) is 5.91 Å². The van der Waals surface area contributed by atoms with Crippen molar-refractivity contribution >= 4 is 5.91 Å². The van der Waals surface area contributed by atoms with Gasteiger partial charge in [-0.1, -0.05) is 13.8 Å². The number of hydrogen-bond acceptors (Lipinski definition) is 3. The van der Waals surface area contributed by atoms with Crippen LogP contribution in [0.15, 0.2) is 0 Å². The fourth-order valence-corrected chi connectivity index (χ4v) is 3.51. The Bertz CT molecular complexity index is 335. The van der Waals surface area contributed by atoms with Crippen molar-refractivity contribution in [1.29, 1.82) is 0 Å². The van der Waals surface area contributed by atoms with E-state index in [1.165, 1.54) is 19.5 Å². The maximum absolute atomic E-state index is 12.3. The van der Waals surface area contributed by atoms with Crippen LogP contribution >= 0.6 is 0 Å². The highest BCUT2D eigenvalue weighted by Crippen LogP contribution is 2.23. The zero-order valence-electron chi connectivity index (χ0n) is 14.3. The van der Waals surface area contributed by atoms with Crippen molar-refractivity contribution in [1.82, 2.24) is 14.7 Å². The molecule has 2 fully saturated rings. The minimum atomic E-state index is 0.353. The number of likely N-dealkylation sites (tertiary alicyclic amines) is 1. The lowest BCUT2D eigenvalue weighted by molar-refractivity contribution is -0.133. The zero-order valence-corrected chi connectivity index (χ0v) is 14.3. The molecule has 21 heavy (non-hydrogen) atoms. The first kappa shape index (κ1) is 16.8. The van der Waals surface area contributed by atoms with Gasteiger partial charge < -0.3 is 9.80 Å². The van der Waals surface area contributed by atoms with E-state index in [-0.39, 0.29) is 0 Å². The Balaban J connectivity index is 1.67. The first-order valence-corrected chi connectivity index (χ1v) is 8.71. The van der Waals surface area contributed by atoms with E-state index in [9.17, 15) is 4.79 Å². The van der Waals surface area contributed by atoms with Crippen LogP contribution in [0.2, 0.25) is 0 Å². The molecule has 0 radical (unpaired) electrons. The maximum Gasteiger partial charge on any atom is 0.223 e. The predicted molar refractivity (Wildman–Crippen MR) is 87.3 cm³/mol. The van der Waals surface area contributed by atoms with Crippen LogP contribution < -0.4 is 0 Å². The molecular weight excluding hydrogens is 262 g/mol. The van der Waals surface area contributed by atoms with Crippen LogP contribution in [0.25, 0.3) is 0 Å². The zero-order chi connectivity index (χ0) is 15.4. The lowest BCUT2D eigenvalue weighted by Crippen LogP contribution is -2.51. The van der Waals surface area contributed by atoms with Gasteiger partial charge in [0.05, 0.1) is 0 Å². The molecule has 122 valence electrons. The van der Waals surface area contributed by atoms with Crippen LogP contribution in [0.5, 0.6) is 0 Å².